The number of amides is 2. The minimum Gasteiger partial charge on any atom is -0.497 e. The summed E-state index contributed by atoms with van der Waals surface area (Å²) in [6.45, 7) is 0.234. The Morgan fingerprint density at radius 3 is 2.82 bits per heavy atom. The van der Waals surface area contributed by atoms with Gasteiger partial charge in [-0.25, -0.2) is 9.69 Å². The maximum atomic E-state index is 13.2. The van der Waals surface area contributed by atoms with Crippen LogP contribution in [0.4, 0.5) is 4.79 Å². The molecule has 0 bridgehead atoms. The second kappa shape index (κ2) is 7.95. The van der Waals surface area contributed by atoms with Crippen LogP contribution in [0.5, 0.6) is 5.75 Å². The van der Waals surface area contributed by atoms with Crippen LogP contribution < -0.4 is 4.74 Å². The molecule has 3 atom stereocenters. The summed E-state index contributed by atoms with van der Waals surface area (Å²) in [7, 11) is 1.65. The highest BCUT2D eigenvalue weighted by atomic mass is 79.9. The molecule has 146 valence electrons. The highest BCUT2D eigenvalue weighted by molar-refractivity contribution is 9.10. The zero-order valence-corrected chi connectivity index (χ0v) is 17.2. The van der Waals surface area contributed by atoms with Gasteiger partial charge < -0.3 is 9.47 Å². The number of rotatable bonds is 5. The van der Waals surface area contributed by atoms with Crippen molar-refractivity contribution in [1.29, 1.82) is 0 Å². The third-order valence-electron chi connectivity index (χ3n) is 5.58. The molecule has 0 unspecified atom stereocenters. The fourth-order valence-electron chi connectivity index (χ4n) is 4.13. The number of benzene rings is 2. The third-order valence-corrected chi connectivity index (χ3v) is 6.61. The summed E-state index contributed by atoms with van der Waals surface area (Å²) >= 11 is 3.60. The Balaban J connectivity index is 1.52. The highest BCUT2D eigenvalue weighted by Crippen LogP contribution is 2.41. The Bertz CT molecular complexity index is 885. The molecule has 2 aliphatic rings. The molecule has 1 saturated heterocycles. The molecular weight excluding hydrogens is 422 g/mol. The summed E-state index contributed by atoms with van der Waals surface area (Å²) < 4.78 is 10.5. The zero-order chi connectivity index (χ0) is 19.7. The molecule has 0 radical (unpaired) electrons. The van der Waals surface area contributed by atoms with Crippen LogP contribution in [0.3, 0.4) is 0 Å². The normalized spacial score (nSPS) is 21.9. The van der Waals surface area contributed by atoms with Gasteiger partial charge in [0.25, 0.3) is 0 Å². The second-order valence-electron chi connectivity index (χ2n) is 7.24. The molecule has 1 aliphatic heterocycles. The number of methoxy groups -OCH3 is 1. The molecule has 0 N–H and O–H groups in total. The van der Waals surface area contributed by atoms with Crippen molar-refractivity contribution in [2.45, 2.75) is 36.0 Å². The van der Waals surface area contributed by atoms with Gasteiger partial charge in [-0.1, -0.05) is 52.3 Å². The maximum Gasteiger partial charge on any atom is 0.417 e. The van der Waals surface area contributed by atoms with Crippen molar-refractivity contribution >= 4 is 27.9 Å². The van der Waals surface area contributed by atoms with Crippen LogP contribution in [0.25, 0.3) is 0 Å². The van der Waals surface area contributed by atoms with E-state index in [1.54, 1.807) is 7.11 Å². The van der Waals surface area contributed by atoms with Gasteiger partial charge >= 0.3 is 6.09 Å². The number of cyclic esters (lactones) is 1. The number of hydrogen-bond acceptors (Lipinski definition) is 4. The monoisotopic (exact) mass is 443 g/mol. The number of fused-ring (bicyclic) bond motifs is 1. The van der Waals surface area contributed by atoms with Crippen LogP contribution in [0.1, 0.15) is 29.0 Å². The average Bonchev–Trinajstić information content (AvgIpc) is 3.30. The predicted molar refractivity (Wildman–Crippen MR) is 109 cm³/mol. The Hall–Kier alpha value is -2.34. The quantitative estimate of drug-likeness (QED) is 0.653. The lowest BCUT2D eigenvalue weighted by Gasteiger charge is -2.25. The second-order valence-corrected chi connectivity index (χ2v) is 8.23. The molecule has 6 heteroatoms. The minimum absolute atomic E-state index is 0.0270. The third kappa shape index (κ3) is 3.53. The van der Waals surface area contributed by atoms with Crippen molar-refractivity contribution in [2.24, 2.45) is 0 Å². The van der Waals surface area contributed by atoms with Gasteiger partial charge in [-0.3, -0.25) is 4.79 Å². The van der Waals surface area contributed by atoms with E-state index in [1.807, 2.05) is 48.5 Å². The van der Waals surface area contributed by atoms with E-state index < -0.39 is 10.9 Å². The lowest BCUT2D eigenvalue weighted by atomic mass is 9.96. The van der Waals surface area contributed by atoms with E-state index in [2.05, 4.69) is 15.9 Å². The molecule has 2 aromatic carbocycles. The van der Waals surface area contributed by atoms with Crippen LogP contribution in [-0.2, 0) is 22.4 Å². The van der Waals surface area contributed by atoms with E-state index >= 15 is 0 Å². The highest BCUT2D eigenvalue weighted by Gasteiger charge is 2.43. The van der Waals surface area contributed by atoms with Gasteiger partial charge in [-0.05, 0) is 48.1 Å². The molecule has 1 aliphatic carbocycles. The summed E-state index contributed by atoms with van der Waals surface area (Å²) in [5, 5.41) is 0. The molecule has 0 aromatic heterocycles. The Morgan fingerprint density at radius 2 is 2.07 bits per heavy atom. The average molecular weight is 444 g/mol. The summed E-state index contributed by atoms with van der Waals surface area (Å²) in [6.07, 6.45) is 1.79. The van der Waals surface area contributed by atoms with Crippen molar-refractivity contribution in [3.8, 4) is 5.75 Å². The first kappa shape index (κ1) is 19.0. The lowest BCUT2D eigenvalue weighted by Crippen LogP contribution is -2.45. The SMILES string of the molecule is COc1ccc2c(c1)CC[C@@H]2[C@@H](Br)C(=O)N1C(=O)OC[C@H]1Cc1ccccc1. The fourth-order valence-corrected chi connectivity index (χ4v) is 4.90. The molecule has 0 saturated carbocycles. The number of imide groups is 1. The Morgan fingerprint density at radius 1 is 1.29 bits per heavy atom. The summed E-state index contributed by atoms with van der Waals surface area (Å²) in [5.74, 6) is 0.624. The summed E-state index contributed by atoms with van der Waals surface area (Å²) in [5.41, 5.74) is 3.42. The van der Waals surface area contributed by atoms with Gasteiger partial charge in [0, 0.05) is 5.92 Å². The largest absolute Gasteiger partial charge is 0.497 e. The van der Waals surface area contributed by atoms with Crippen LogP contribution in [0.2, 0.25) is 0 Å². The van der Waals surface area contributed by atoms with Crippen molar-refractivity contribution < 1.29 is 19.1 Å². The lowest BCUT2D eigenvalue weighted by molar-refractivity contribution is -0.128. The van der Waals surface area contributed by atoms with Crippen LogP contribution in [0, 0.1) is 0 Å². The van der Waals surface area contributed by atoms with E-state index in [1.165, 1.54) is 10.5 Å². The number of nitrogens with zero attached hydrogens (tertiary/aromatic N) is 1. The number of carbonyl (C=O) groups excluding carboxylic acids is 2. The van der Waals surface area contributed by atoms with Gasteiger partial charge in [0.1, 0.15) is 17.2 Å². The predicted octanol–water partition coefficient (Wildman–Crippen LogP) is 4.08. The molecule has 2 amide bonds. The Labute approximate surface area is 172 Å². The molecule has 2 aromatic rings. The van der Waals surface area contributed by atoms with Crippen molar-refractivity contribution in [3.63, 3.8) is 0 Å². The van der Waals surface area contributed by atoms with E-state index in [-0.39, 0.29) is 24.5 Å². The van der Waals surface area contributed by atoms with Gasteiger partial charge in [-0.2, -0.15) is 0 Å². The number of alkyl halides is 1. The first-order valence-electron chi connectivity index (χ1n) is 9.43. The number of hydrogen-bond donors (Lipinski definition) is 0. The molecule has 0 spiro atoms. The first-order chi connectivity index (χ1) is 13.6. The van der Waals surface area contributed by atoms with E-state index in [4.69, 9.17) is 9.47 Å². The standard InChI is InChI=1S/C22H22BrNO4/c1-27-17-8-10-18-15(12-17)7-9-19(18)20(23)21(25)24-16(13-28-22(24)26)11-14-5-3-2-4-6-14/h2-6,8,10,12,16,19-20H,7,9,11,13H2,1H3/t16-,19+,20-/m1/s1. The van der Waals surface area contributed by atoms with Gasteiger partial charge in [0.15, 0.2) is 0 Å². The molecule has 1 fully saturated rings. The maximum absolute atomic E-state index is 13.2. The van der Waals surface area contributed by atoms with E-state index in [0.29, 0.717) is 6.42 Å². The minimum atomic E-state index is -0.552. The molecule has 28 heavy (non-hydrogen) atoms. The smallest absolute Gasteiger partial charge is 0.417 e. The number of ether oxygens (including phenoxy) is 2. The number of carbonyl (C=O) groups is 2. The van der Waals surface area contributed by atoms with Crippen LogP contribution in [-0.4, -0.2) is 41.5 Å². The zero-order valence-electron chi connectivity index (χ0n) is 15.6. The molecule has 4 rings (SSSR count). The Kier molecular flexibility index (Phi) is 5.40. The van der Waals surface area contributed by atoms with Gasteiger partial charge in [0.2, 0.25) is 5.91 Å². The van der Waals surface area contributed by atoms with Crippen LogP contribution in [0.15, 0.2) is 48.5 Å². The van der Waals surface area contributed by atoms with E-state index in [9.17, 15) is 9.59 Å². The molecule has 1 heterocycles. The van der Waals surface area contributed by atoms with Crippen molar-refractivity contribution in [2.75, 3.05) is 13.7 Å². The number of aryl methyl sites for hydroxylation is 1. The summed E-state index contributed by atoms with van der Waals surface area (Å²) in [4.78, 5) is 26.4. The fraction of sp³-hybridized carbons (Fsp3) is 0.364. The van der Waals surface area contributed by atoms with E-state index in [0.717, 1.165) is 29.7 Å². The first-order valence-corrected chi connectivity index (χ1v) is 10.3. The topological polar surface area (TPSA) is 55.8 Å². The molecular formula is C22H22BrNO4. The summed E-state index contributed by atoms with van der Waals surface area (Å²) in [6, 6.07) is 15.5. The molecule has 5 nitrogen and oxygen atoms in total. The van der Waals surface area contributed by atoms with Gasteiger partial charge in [0.05, 0.1) is 13.2 Å². The number of halogens is 1. The van der Waals surface area contributed by atoms with Gasteiger partial charge in [-0.15, -0.1) is 0 Å². The van der Waals surface area contributed by atoms with Crippen molar-refractivity contribution in [1.82, 2.24) is 4.90 Å². The van der Waals surface area contributed by atoms with Crippen molar-refractivity contribution in [3.05, 3.63) is 65.2 Å². The van der Waals surface area contributed by atoms with Crippen LogP contribution >= 0.6 is 15.9 Å².